The highest BCUT2D eigenvalue weighted by Crippen LogP contribution is 2.18. The molecule has 1 atom stereocenters. The molecule has 0 spiro atoms. The first kappa shape index (κ1) is 13.2. The van der Waals surface area contributed by atoms with Gasteiger partial charge in [0.25, 0.3) is 0 Å². The lowest BCUT2D eigenvalue weighted by Gasteiger charge is -2.13. The molecular weight excluding hydrogens is 176 g/mol. The van der Waals surface area contributed by atoms with E-state index in [9.17, 15) is 4.79 Å². The molecule has 0 saturated carbocycles. The van der Waals surface area contributed by atoms with Gasteiger partial charge < -0.3 is 4.74 Å². The van der Waals surface area contributed by atoms with Crippen LogP contribution in [0.2, 0.25) is 0 Å². The summed E-state index contributed by atoms with van der Waals surface area (Å²) < 4.78 is 4.99. The Morgan fingerprint density at radius 2 is 2.07 bits per heavy atom. The number of allylic oxidation sites excluding steroid dienone is 1. The number of carbonyl (C=O) groups is 1. The molecule has 0 amide bonds. The molecule has 0 radical (unpaired) electrons. The van der Waals surface area contributed by atoms with Gasteiger partial charge >= 0.3 is 5.97 Å². The molecule has 0 aromatic rings. The van der Waals surface area contributed by atoms with Gasteiger partial charge in [-0.3, -0.25) is 0 Å². The predicted molar refractivity (Wildman–Crippen MR) is 59.1 cm³/mol. The largest absolute Gasteiger partial charge is 0.463 e. The molecule has 0 saturated heterocycles. The highest BCUT2D eigenvalue weighted by atomic mass is 16.5. The molecular formula is C12H22O2. The van der Waals surface area contributed by atoms with Crippen molar-refractivity contribution in [2.75, 3.05) is 6.61 Å². The van der Waals surface area contributed by atoms with Crippen LogP contribution in [0.5, 0.6) is 0 Å². The third kappa shape index (κ3) is 4.45. The molecule has 82 valence electrons. The van der Waals surface area contributed by atoms with Crippen molar-refractivity contribution in [3.05, 3.63) is 11.6 Å². The van der Waals surface area contributed by atoms with Crippen molar-refractivity contribution >= 4 is 5.97 Å². The van der Waals surface area contributed by atoms with Gasteiger partial charge in [-0.05, 0) is 26.2 Å². The van der Waals surface area contributed by atoms with E-state index < -0.39 is 0 Å². The van der Waals surface area contributed by atoms with E-state index in [1.165, 1.54) is 6.42 Å². The highest BCUT2D eigenvalue weighted by Gasteiger charge is 2.16. The van der Waals surface area contributed by atoms with Gasteiger partial charge in [0.1, 0.15) is 0 Å². The van der Waals surface area contributed by atoms with Crippen molar-refractivity contribution in [3.8, 4) is 0 Å². The maximum Gasteiger partial charge on any atom is 0.333 e. The van der Waals surface area contributed by atoms with Crippen LogP contribution in [0.15, 0.2) is 11.6 Å². The van der Waals surface area contributed by atoms with Crippen LogP contribution in [-0.4, -0.2) is 12.6 Å². The Morgan fingerprint density at radius 3 is 2.50 bits per heavy atom. The molecule has 14 heavy (non-hydrogen) atoms. The van der Waals surface area contributed by atoms with Crippen LogP contribution >= 0.6 is 0 Å². The van der Waals surface area contributed by atoms with E-state index in [0.717, 1.165) is 18.4 Å². The smallest absolute Gasteiger partial charge is 0.333 e. The van der Waals surface area contributed by atoms with Gasteiger partial charge in [-0.2, -0.15) is 0 Å². The van der Waals surface area contributed by atoms with Gasteiger partial charge in [0.05, 0.1) is 6.61 Å². The molecule has 0 N–H and O–H groups in total. The van der Waals surface area contributed by atoms with Crippen molar-refractivity contribution in [1.82, 2.24) is 0 Å². The second-order valence-corrected chi connectivity index (χ2v) is 3.51. The lowest BCUT2D eigenvalue weighted by molar-refractivity contribution is -0.139. The first-order valence-electron chi connectivity index (χ1n) is 5.50. The van der Waals surface area contributed by atoms with E-state index in [4.69, 9.17) is 4.74 Å². The van der Waals surface area contributed by atoms with Gasteiger partial charge in [0.15, 0.2) is 0 Å². The summed E-state index contributed by atoms with van der Waals surface area (Å²) in [6, 6.07) is 0. The van der Waals surface area contributed by atoms with Gasteiger partial charge in [-0.25, -0.2) is 4.79 Å². The van der Waals surface area contributed by atoms with Gasteiger partial charge in [0.2, 0.25) is 0 Å². The zero-order valence-electron chi connectivity index (χ0n) is 9.80. The van der Waals surface area contributed by atoms with Crippen LogP contribution in [0.25, 0.3) is 0 Å². The average Bonchev–Trinajstić information content (AvgIpc) is 2.16. The van der Waals surface area contributed by atoms with Gasteiger partial charge in [-0.15, -0.1) is 0 Å². The van der Waals surface area contributed by atoms with Crippen LogP contribution < -0.4 is 0 Å². The number of esters is 1. The van der Waals surface area contributed by atoms with Crippen LogP contribution in [0.3, 0.4) is 0 Å². The second kappa shape index (κ2) is 7.60. The Hall–Kier alpha value is -0.790. The zero-order valence-corrected chi connectivity index (χ0v) is 9.80. The summed E-state index contributed by atoms with van der Waals surface area (Å²) in [5, 5.41) is 0. The van der Waals surface area contributed by atoms with Crippen LogP contribution in [-0.2, 0) is 9.53 Å². The number of hydrogen-bond donors (Lipinski definition) is 0. The van der Waals surface area contributed by atoms with Gasteiger partial charge in [0, 0.05) is 5.57 Å². The second-order valence-electron chi connectivity index (χ2n) is 3.51. The topological polar surface area (TPSA) is 26.3 Å². The molecule has 0 aromatic carbocycles. The summed E-state index contributed by atoms with van der Waals surface area (Å²) in [7, 11) is 0. The molecule has 2 heteroatoms. The fourth-order valence-corrected chi connectivity index (χ4v) is 1.48. The molecule has 0 fully saturated rings. The van der Waals surface area contributed by atoms with Crippen LogP contribution in [0.4, 0.5) is 0 Å². The average molecular weight is 198 g/mol. The van der Waals surface area contributed by atoms with Crippen molar-refractivity contribution < 1.29 is 9.53 Å². The minimum Gasteiger partial charge on any atom is -0.463 e. The highest BCUT2D eigenvalue weighted by molar-refractivity contribution is 5.88. The summed E-state index contributed by atoms with van der Waals surface area (Å²) in [4.78, 5) is 11.5. The number of rotatable bonds is 6. The minimum absolute atomic E-state index is 0.154. The summed E-state index contributed by atoms with van der Waals surface area (Å²) in [5.74, 6) is 0.164. The maximum absolute atomic E-state index is 11.5. The Bertz CT molecular complexity index is 194. The minimum atomic E-state index is -0.154. The molecule has 1 unspecified atom stereocenters. The lowest BCUT2D eigenvalue weighted by atomic mass is 9.95. The first-order valence-corrected chi connectivity index (χ1v) is 5.50. The van der Waals surface area contributed by atoms with Crippen LogP contribution in [0.1, 0.15) is 47.0 Å². The monoisotopic (exact) mass is 198 g/mol. The van der Waals surface area contributed by atoms with Crippen molar-refractivity contribution in [2.45, 2.75) is 47.0 Å². The molecule has 0 heterocycles. The number of unbranched alkanes of at least 4 members (excludes halogenated alkanes) is 1. The van der Waals surface area contributed by atoms with E-state index in [2.05, 4.69) is 13.8 Å². The SMILES string of the molecule is CC=C(C(=O)OCC)C(C)CCCC. The zero-order chi connectivity index (χ0) is 11.0. The van der Waals surface area contributed by atoms with Crippen LogP contribution in [0, 0.1) is 5.92 Å². The fraction of sp³-hybridized carbons (Fsp3) is 0.750. The summed E-state index contributed by atoms with van der Waals surface area (Å²) in [6.07, 6.45) is 5.27. The number of hydrogen-bond acceptors (Lipinski definition) is 2. The Kier molecular flexibility index (Phi) is 7.17. The normalized spacial score (nSPS) is 13.9. The fourth-order valence-electron chi connectivity index (χ4n) is 1.48. The maximum atomic E-state index is 11.5. The van der Waals surface area contributed by atoms with E-state index >= 15 is 0 Å². The molecule has 2 nitrogen and oxygen atoms in total. The number of carbonyl (C=O) groups excluding carboxylic acids is 1. The molecule has 0 aromatic heterocycles. The first-order chi connectivity index (χ1) is 6.67. The summed E-state index contributed by atoms with van der Waals surface area (Å²) in [5.41, 5.74) is 0.820. The Morgan fingerprint density at radius 1 is 1.43 bits per heavy atom. The lowest BCUT2D eigenvalue weighted by Crippen LogP contribution is -2.14. The van der Waals surface area contributed by atoms with E-state index in [0.29, 0.717) is 12.5 Å². The summed E-state index contributed by atoms with van der Waals surface area (Å²) >= 11 is 0. The molecule has 0 aliphatic carbocycles. The van der Waals surface area contributed by atoms with Crippen molar-refractivity contribution in [1.29, 1.82) is 0 Å². The quantitative estimate of drug-likeness (QED) is 0.483. The third-order valence-electron chi connectivity index (χ3n) is 2.34. The molecule has 0 aliphatic rings. The van der Waals surface area contributed by atoms with E-state index in [1.807, 2.05) is 19.9 Å². The van der Waals surface area contributed by atoms with E-state index in [1.54, 1.807) is 0 Å². The van der Waals surface area contributed by atoms with E-state index in [-0.39, 0.29) is 5.97 Å². The van der Waals surface area contributed by atoms with Gasteiger partial charge in [-0.1, -0.05) is 32.8 Å². The molecule has 0 aliphatic heterocycles. The predicted octanol–water partition coefficient (Wildman–Crippen LogP) is 3.32. The van der Waals surface area contributed by atoms with Crippen molar-refractivity contribution in [3.63, 3.8) is 0 Å². The van der Waals surface area contributed by atoms with Crippen molar-refractivity contribution in [2.24, 2.45) is 5.92 Å². The standard InChI is InChI=1S/C12H22O2/c1-5-8-9-10(4)11(6-2)12(13)14-7-3/h6,10H,5,7-9H2,1-4H3. The Balaban J connectivity index is 4.19. The third-order valence-corrected chi connectivity index (χ3v) is 2.34. The summed E-state index contributed by atoms with van der Waals surface area (Å²) in [6.45, 7) is 8.43. The molecule has 0 rings (SSSR count). The molecule has 0 bridgehead atoms. The number of ether oxygens (including phenoxy) is 1. The Labute approximate surface area is 87.3 Å².